The van der Waals surface area contributed by atoms with Gasteiger partial charge in [0.1, 0.15) is 30.5 Å². The summed E-state index contributed by atoms with van der Waals surface area (Å²) < 4.78 is 0. The zero-order valence-electron chi connectivity index (χ0n) is 13.0. The smallest absolute Gasteiger partial charge is 0.321 e. The molecule has 1 aliphatic heterocycles. The Labute approximate surface area is 142 Å². The molecule has 0 unspecified atom stereocenters. The Morgan fingerprint density at radius 3 is 2.28 bits per heavy atom. The van der Waals surface area contributed by atoms with E-state index in [1.807, 2.05) is 0 Å². The number of aliphatic carboxylic acids is 1. The van der Waals surface area contributed by atoms with Gasteiger partial charge in [-0.25, -0.2) is 0 Å². The molecule has 1 heterocycles. The highest BCUT2D eigenvalue weighted by Gasteiger charge is 2.40. The number of phenolic OH excluding ortho intramolecular Hbond substituents is 2. The number of nitrogens with one attached hydrogen (secondary N) is 1. The highest BCUT2D eigenvalue weighted by atomic mass is 16.4. The predicted molar refractivity (Wildman–Crippen MR) is 81.9 cm³/mol. The number of aliphatic hydroxyl groups excluding tert-OH is 5. The van der Waals surface area contributed by atoms with Gasteiger partial charge in [-0.2, -0.15) is 0 Å². The van der Waals surface area contributed by atoms with Crippen molar-refractivity contribution < 1.29 is 45.6 Å². The summed E-state index contributed by atoms with van der Waals surface area (Å²) in [6.07, 6.45) is -7.34. The Morgan fingerprint density at radius 1 is 1.12 bits per heavy atom. The molecule has 6 atom stereocenters. The van der Waals surface area contributed by atoms with Crippen molar-refractivity contribution in [1.82, 2.24) is 5.32 Å². The number of carboxylic acids is 1. The monoisotopic (exact) mass is 359 g/mol. The van der Waals surface area contributed by atoms with Crippen LogP contribution in [0.2, 0.25) is 0 Å². The van der Waals surface area contributed by atoms with Crippen molar-refractivity contribution in [2.75, 3.05) is 6.61 Å². The van der Waals surface area contributed by atoms with E-state index >= 15 is 0 Å². The second-order valence-corrected chi connectivity index (χ2v) is 6.00. The van der Waals surface area contributed by atoms with Crippen LogP contribution in [-0.2, 0) is 11.2 Å². The third-order valence-corrected chi connectivity index (χ3v) is 4.30. The molecule has 0 fully saturated rings. The summed E-state index contributed by atoms with van der Waals surface area (Å²) in [5.74, 6) is -2.20. The van der Waals surface area contributed by atoms with Crippen molar-refractivity contribution >= 4 is 5.97 Å². The molecule has 0 bridgehead atoms. The van der Waals surface area contributed by atoms with Crippen molar-refractivity contribution in [3.63, 3.8) is 0 Å². The van der Waals surface area contributed by atoms with Gasteiger partial charge in [0, 0.05) is 0 Å². The summed E-state index contributed by atoms with van der Waals surface area (Å²) in [5.41, 5.74) is 0.555. The van der Waals surface area contributed by atoms with Crippen molar-refractivity contribution in [2.24, 2.45) is 0 Å². The molecule has 140 valence electrons. The van der Waals surface area contributed by atoms with Crippen LogP contribution in [-0.4, -0.2) is 83.9 Å². The number of carbonyl (C=O) groups is 1. The second kappa shape index (κ2) is 7.52. The van der Waals surface area contributed by atoms with E-state index in [1.54, 1.807) is 0 Å². The van der Waals surface area contributed by atoms with Crippen LogP contribution in [0, 0.1) is 0 Å². The highest BCUT2D eigenvalue weighted by Crippen LogP contribution is 2.37. The summed E-state index contributed by atoms with van der Waals surface area (Å²) >= 11 is 0. The Hall–Kier alpha value is -1.95. The van der Waals surface area contributed by atoms with Crippen LogP contribution < -0.4 is 5.32 Å². The SMILES string of the molecule is O=C(O)[C@@H]1Cc2cc(O)c(O)cc2[C@@H]([C@H](O)[C@@H](O)[C@H](O)[C@H](O)CO)N1. The summed E-state index contributed by atoms with van der Waals surface area (Å²) in [7, 11) is 0. The molecule has 1 aliphatic rings. The average Bonchev–Trinajstić information content (AvgIpc) is 2.59. The van der Waals surface area contributed by atoms with E-state index in [-0.39, 0.29) is 12.0 Å². The molecule has 0 saturated carbocycles. The Balaban J connectivity index is 2.38. The van der Waals surface area contributed by atoms with Crippen molar-refractivity contribution in [1.29, 1.82) is 0 Å². The number of hydrogen-bond acceptors (Lipinski definition) is 9. The lowest BCUT2D eigenvalue weighted by molar-refractivity contribution is -0.142. The normalized spacial score (nSPS) is 24.8. The Morgan fingerprint density at radius 2 is 1.72 bits per heavy atom. The lowest BCUT2D eigenvalue weighted by Gasteiger charge is -2.37. The van der Waals surface area contributed by atoms with Gasteiger partial charge in [0.05, 0.1) is 12.6 Å². The summed E-state index contributed by atoms with van der Waals surface area (Å²) in [4.78, 5) is 11.3. The molecule has 0 amide bonds. The maximum Gasteiger partial charge on any atom is 0.321 e. The van der Waals surface area contributed by atoms with Crippen LogP contribution in [0.25, 0.3) is 0 Å². The van der Waals surface area contributed by atoms with E-state index in [0.29, 0.717) is 5.56 Å². The number of fused-ring (bicyclic) bond motifs is 1. The van der Waals surface area contributed by atoms with E-state index in [1.165, 1.54) is 0 Å². The number of carboxylic acid groups (broad SMARTS) is 1. The van der Waals surface area contributed by atoms with Crippen molar-refractivity contribution in [2.45, 2.75) is 42.9 Å². The fourth-order valence-corrected chi connectivity index (χ4v) is 2.86. The van der Waals surface area contributed by atoms with Crippen molar-refractivity contribution in [3.8, 4) is 11.5 Å². The van der Waals surface area contributed by atoms with Crippen LogP contribution in [0.4, 0.5) is 0 Å². The third kappa shape index (κ3) is 3.84. The van der Waals surface area contributed by atoms with Gasteiger partial charge in [-0.15, -0.1) is 0 Å². The third-order valence-electron chi connectivity index (χ3n) is 4.30. The van der Waals surface area contributed by atoms with E-state index in [0.717, 1.165) is 12.1 Å². The molecule has 0 spiro atoms. The van der Waals surface area contributed by atoms with Gasteiger partial charge in [0.15, 0.2) is 11.5 Å². The average molecular weight is 359 g/mol. The minimum atomic E-state index is -1.92. The molecule has 0 saturated heterocycles. The zero-order chi connectivity index (χ0) is 18.9. The van der Waals surface area contributed by atoms with Crippen LogP contribution in [0.1, 0.15) is 17.2 Å². The summed E-state index contributed by atoms with van der Waals surface area (Å²) in [5, 5.41) is 79.5. The van der Waals surface area contributed by atoms with Gasteiger partial charge in [0.2, 0.25) is 0 Å². The van der Waals surface area contributed by atoms with Crippen LogP contribution in [0.15, 0.2) is 12.1 Å². The number of aliphatic hydroxyl groups is 5. The molecule has 2 rings (SSSR count). The molecular formula is C15H21NO9. The predicted octanol–water partition coefficient (Wildman–Crippen LogP) is -2.83. The lowest BCUT2D eigenvalue weighted by atomic mass is 9.84. The maximum absolute atomic E-state index is 11.3. The van der Waals surface area contributed by atoms with Crippen LogP contribution in [0.5, 0.6) is 11.5 Å². The molecular weight excluding hydrogens is 338 g/mol. The fraction of sp³-hybridized carbons (Fsp3) is 0.533. The number of hydrogen-bond donors (Lipinski definition) is 9. The molecule has 10 nitrogen and oxygen atoms in total. The first-order chi connectivity index (χ1) is 11.7. The number of rotatable bonds is 6. The van der Waals surface area contributed by atoms with Gasteiger partial charge in [-0.3, -0.25) is 10.1 Å². The Bertz CT molecular complexity index is 638. The van der Waals surface area contributed by atoms with E-state index in [9.17, 15) is 40.5 Å². The topological polar surface area (TPSA) is 191 Å². The standard InChI is InChI=1S/C15H21NO9/c17-4-10(20)12(21)14(23)13(22)11-6-3-9(19)8(18)2-5(6)1-7(16-11)15(24)25/h2-3,7,10-14,16-23H,1,4H2,(H,24,25)/t7-,10+,11-,12+,13-,14-/m0/s1. The summed E-state index contributed by atoms with van der Waals surface area (Å²) in [6, 6.07) is -0.0901. The second-order valence-electron chi connectivity index (χ2n) is 6.00. The fourth-order valence-electron chi connectivity index (χ4n) is 2.86. The zero-order valence-corrected chi connectivity index (χ0v) is 13.0. The molecule has 1 aromatic carbocycles. The maximum atomic E-state index is 11.3. The molecule has 0 radical (unpaired) electrons. The number of benzene rings is 1. The first-order valence-electron chi connectivity index (χ1n) is 7.54. The minimum Gasteiger partial charge on any atom is -0.504 e. The first kappa shape index (κ1) is 19.4. The van der Waals surface area contributed by atoms with E-state index < -0.39 is 60.6 Å². The quantitative estimate of drug-likeness (QED) is 0.239. The molecule has 0 aliphatic carbocycles. The highest BCUT2D eigenvalue weighted by molar-refractivity contribution is 5.75. The summed E-state index contributed by atoms with van der Waals surface area (Å²) in [6.45, 7) is -0.855. The number of aromatic hydroxyl groups is 2. The molecule has 0 aromatic heterocycles. The molecule has 25 heavy (non-hydrogen) atoms. The first-order valence-corrected chi connectivity index (χ1v) is 7.54. The minimum absolute atomic E-state index is 0.0420. The van der Waals surface area contributed by atoms with Gasteiger partial charge in [0.25, 0.3) is 0 Å². The van der Waals surface area contributed by atoms with Gasteiger partial charge in [-0.05, 0) is 29.7 Å². The van der Waals surface area contributed by atoms with Crippen molar-refractivity contribution in [3.05, 3.63) is 23.3 Å². The largest absolute Gasteiger partial charge is 0.504 e. The lowest BCUT2D eigenvalue weighted by Crippen LogP contribution is -2.54. The van der Waals surface area contributed by atoms with E-state index in [4.69, 9.17) is 5.11 Å². The molecule has 1 aromatic rings. The number of phenols is 2. The van der Waals surface area contributed by atoms with E-state index in [2.05, 4.69) is 5.32 Å². The Kier molecular flexibility index (Phi) is 5.83. The van der Waals surface area contributed by atoms with Crippen LogP contribution >= 0.6 is 0 Å². The molecule has 9 N–H and O–H groups in total. The molecule has 10 heteroatoms. The van der Waals surface area contributed by atoms with Gasteiger partial charge in [-0.1, -0.05) is 0 Å². The van der Waals surface area contributed by atoms with Crippen LogP contribution in [0.3, 0.4) is 0 Å². The van der Waals surface area contributed by atoms with Gasteiger partial charge >= 0.3 is 5.97 Å². The van der Waals surface area contributed by atoms with Gasteiger partial charge < -0.3 is 40.9 Å².